The van der Waals surface area contributed by atoms with E-state index in [4.69, 9.17) is 14.2 Å². The normalized spacial score (nSPS) is 39.0. The molecule has 2 fully saturated rings. The highest BCUT2D eigenvalue weighted by Gasteiger charge is 2.43. The van der Waals surface area contributed by atoms with Gasteiger partial charge < -0.3 is 19.5 Å². The first-order valence-corrected chi connectivity index (χ1v) is 7.72. The van der Waals surface area contributed by atoms with E-state index >= 15 is 0 Å². The fraction of sp³-hybridized carbons (Fsp3) is 1.00. The van der Waals surface area contributed by atoms with Gasteiger partial charge in [0, 0.05) is 20.3 Å². The molecule has 2 rings (SSSR count). The highest BCUT2D eigenvalue weighted by Crippen LogP contribution is 2.32. The van der Waals surface area contributed by atoms with Crippen LogP contribution in [0.15, 0.2) is 0 Å². The molecule has 5 unspecified atom stereocenters. The molecule has 112 valence electrons. The zero-order chi connectivity index (χ0) is 13.7. The molecule has 19 heavy (non-hydrogen) atoms. The molecule has 0 aliphatic heterocycles. The van der Waals surface area contributed by atoms with Crippen LogP contribution in [0.4, 0.5) is 0 Å². The van der Waals surface area contributed by atoms with Crippen molar-refractivity contribution in [3.63, 3.8) is 0 Å². The molecule has 2 aliphatic carbocycles. The number of methoxy groups -OCH3 is 2. The highest BCUT2D eigenvalue weighted by molar-refractivity contribution is 4.97. The maximum absolute atomic E-state index is 6.23. The fourth-order valence-electron chi connectivity index (χ4n) is 3.25. The second-order valence-electron chi connectivity index (χ2n) is 5.82. The molecule has 0 saturated heterocycles. The summed E-state index contributed by atoms with van der Waals surface area (Å²) in [5.41, 5.74) is 0. The van der Waals surface area contributed by atoms with Crippen LogP contribution in [-0.4, -0.2) is 51.2 Å². The number of hydrogen-bond acceptors (Lipinski definition) is 4. The minimum absolute atomic E-state index is 0.217. The highest BCUT2D eigenvalue weighted by atomic mass is 16.5. The summed E-state index contributed by atoms with van der Waals surface area (Å²) < 4.78 is 17.3. The summed E-state index contributed by atoms with van der Waals surface area (Å²) in [5, 5.41) is 3.53. The summed E-state index contributed by atoms with van der Waals surface area (Å²) in [6.45, 7) is 3.25. The van der Waals surface area contributed by atoms with Gasteiger partial charge in [-0.15, -0.1) is 0 Å². The summed E-state index contributed by atoms with van der Waals surface area (Å²) in [6, 6.07) is 0.469. The van der Waals surface area contributed by atoms with E-state index in [1.807, 2.05) is 0 Å². The summed E-state index contributed by atoms with van der Waals surface area (Å²) >= 11 is 0. The molecule has 0 radical (unpaired) electrons. The minimum atomic E-state index is 0.217. The quantitative estimate of drug-likeness (QED) is 0.770. The van der Waals surface area contributed by atoms with Crippen LogP contribution in [0.5, 0.6) is 0 Å². The van der Waals surface area contributed by atoms with Gasteiger partial charge in [-0.2, -0.15) is 0 Å². The van der Waals surface area contributed by atoms with Crippen molar-refractivity contribution in [3.8, 4) is 0 Å². The molecular formula is C15H29NO3. The zero-order valence-corrected chi connectivity index (χ0v) is 12.6. The Morgan fingerprint density at radius 3 is 2.53 bits per heavy atom. The summed E-state index contributed by atoms with van der Waals surface area (Å²) in [6.07, 6.45) is 8.05. The molecule has 2 saturated carbocycles. The third-order valence-corrected chi connectivity index (χ3v) is 4.46. The molecular weight excluding hydrogens is 242 g/mol. The van der Waals surface area contributed by atoms with Crippen molar-refractivity contribution in [1.29, 1.82) is 0 Å². The van der Waals surface area contributed by atoms with Crippen molar-refractivity contribution in [2.24, 2.45) is 0 Å². The molecule has 0 spiro atoms. The van der Waals surface area contributed by atoms with Crippen molar-refractivity contribution in [1.82, 2.24) is 5.32 Å². The standard InChI is InChI=1S/C15H29NO3/c1-4-8-16-13-10-14(15(13)18-3)19-12-7-5-6-11(9-12)17-2/h11-16H,4-10H2,1-3H3. The number of nitrogens with one attached hydrogen (secondary N) is 1. The third kappa shape index (κ3) is 3.91. The SMILES string of the molecule is CCCNC1CC(OC2CCCC(OC)C2)C1OC. The van der Waals surface area contributed by atoms with Crippen LogP contribution in [0.1, 0.15) is 45.4 Å². The molecule has 0 bridgehead atoms. The van der Waals surface area contributed by atoms with Gasteiger partial charge >= 0.3 is 0 Å². The van der Waals surface area contributed by atoms with Gasteiger partial charge in [0.05, 0.1) is 24.4 Å². The maximum Gasteiger partial charge on any atom is 0.0987 e. The van der Waals surface area contributed by atoms with Crippen LogP contribution in [-0.2, 0) is 14.2 Å². The third-order valence-electron chi connectivity index (χ3n) is 4.46. The average Bonchev–Trinajstić information content (AvgIpc) is 2.42. The lowest BCUT2D eigenvalue weighted by molar-refractivity contribution is -0.169. The number of hydrogen-bond donors (Lipinski definition) is 1. The van der Waals surface area contributed by atoms with Crippen LogP contribution < -0.4 is 5.32 Å². The Bertz CT molecular complexity index is 262. The Kier molecular flexibility index (Phi) is 6.07. The Labute approximate surface area is 117 Å². The lowest BCUT2D eigenvalue weighted by Crippen LogP contribution is -2.60. The monoisotopic (exact) mass is 271 g/mol. The Morgan fingerprint density at radius 2 is 1.84 bits per heavy atom. The van der Waals surface area contributed by atoms with Gasteiger partial charge in [0.1, 0.15) is 0 Å². The van der Waals surface area contributed by atoms with Gasteiger partial charge in [0.15, 0.2) is 0 Å². The van der Waals surface area contributed by atoms with E-state index in [0.29, 0.717) is 18.2 Å². The fourth-order valence-corrected chi connectivity index (χ4v) is 3.25. The Hall–Kier alpha value is -0.160. The van der Waals surface area contributed by atoms with E-state index in [-0.39, 0.29) is 12.2 Å². The number of ether oxygens (including phenoxy) is 3. The summed E-state index contributed by atoms with van der Waals surface area (Å²) in [4.78, 5) is 0. The summed E-state index contributed by atoms with van der Waals surface area (Å²) in [5.74, 6) is 0. The molecule has 0 aromatic carbocycles. The summed E-state index contributed by atoms with van der Waals surface area (Å²) in [7, 11) is 3.60. The largest absolute Gasteiger partial charge is 0.381 e. The molecule has 4 nitrogen and oxygen atoms in total. The Balaban J connectivity index is 1.74. The maximum atomic E-state index is 6.23. The van der Waals surface area contributed by atoms with Crippen molar-refractivity contribution < 1.29 is 14.2 Å². The van der Waals surface area contributed by atoms with E-state index in [9.17, 15) is 0 Å². The van der Waals surface area contributed by atoms with Crippen molar-refractivity contribution in [2.45, 2.75) is 75.9 Å². The molecule has 1 N–H and O–H groups in total. The first-order chi connectivity index (χ1) is 9.28. The lowest BCUT2D eigenvalue weighted by Gasteiger charge is -2.46. The van der Waals surface area contributed by atoms with Crippen LogP contribution in [0.2, 0.25) is 0 Å². The van der Waals surface area contributed by atoms with Crippen molar-refractivity contribution >= 4 is 0 Å². The Morgan fingerprint density at radius 1 is 1.05 bits per heavy atom. The molecule has 0 aromatic heterocycles. The van der Waals surface area contributed by atoms with Gasteiger partial charge in [0.2, 0.25) is 0 Å². The zero-order valence-electron chi connectivity index (χ0n) is 12.6. The van der Waals surface area contributed by atoms with Crippen LogP contribution in [0.25, 0.3) is 0 Å². The van der Waals surface area contributed by atoms with E-state index in [0.717, 1.165) is 25.8 Å². The molecule has 0 aromatic rings. The van der Waals surface area contributed by atoms with E-state index in [2.05, 4.69) is 12.2 Å². The molecule has 2 aliphatic rings. The predicted molar refractivity (Wildman–Crippen MR) is 75.4 cm³/mol. The predicted octanol–water partition coefficient (Wildman–Crippen LogP) is 2.12. The first kappa shape index (κ1) is 15.2. The number of rotatable bonds is 7. The molecule has 5 atom stereocenters. The van der Waals surface area contributed by atoms with Crippen LogP contribution in [0.3, 0.4) is 0 Å². The van der Waals surface area contributed by atoms with Crippen LogP contribution in [0, 0.1) is 0 Å². The van der Waals surface area contributed by atoms with E-state index in [1.54, 1.807) is 14.2 Å². The van der Waals surface area contributed by atoms with Gasteiger partial charge in [0.25, 0.3) is 0 Å². The van der Waals surface area contributed by atoms with Crippen molar-refractivity contribution in [3.05, 3.63) is 0 Å². The second kappa shape index (κ2) is 7.58. The lowest BCUT2D eigenvalue weighted by atomic mass is 9.84. The van der Waals surface area contributed by atoms with Crippen molar-refractivity contribution in [2.75, 3.05) is 20.8 Å². The molecule has 0 amide bonds. The van der Waals surface area contributed by atoms with Gasteiger partial charge in [-0.25, -0.2) is 0 Å². The molecule has 4 heteroatoms. The molecule has 0 heterocycles. The van der Waals surface area contributed by atoms with Gasteiger partial charge in [-0.05, 0) is 45.1 Å². The smallest absolute Gasteiger partial charge is 0.0987 e. The average molecular weight is 271 g/mol. The second-order valence-corrected chi connectivity index (χ2v) is 5.82. The van der Waals surface area contributed by atoms with Crippen LogP contribution >= 0.6 is 0 Å². The minimum Gasteiger partial charge on any atom is -0.381 e. The van der Waals surface area contributed by atoms with E-state index in [1.165, 1.54) is 19.3 Å². The van der Waals surface area contributed by atoms with Gasteiger partial charge in [-0.3, -0.25) is 0 Å². The topological polar surface area (TPSA) is 39.7 Å². The van der Waals surface area contributed by atoms with E-state index < -0.39 is 0 Å². The van der Waals surface area contributed by atoms with Gasteiger partial charge in [-0.1, -0.05) is 6.92 Å². The first-order valence-electron chi connectivity index (χ1n) is 7.72.